The minimum absolute atomic E-state index is 0.323. The molecule has 104 valence electrons. The van der Waals surface area contributed by atoms with Crippen LogP contribution in [-0.2, 0) is 0 Å². The van der Waals surface area contributed by atoms with Crippen molar-refractivity contribution in [3.05, 3.63) is 95.6 Å². The van der Waals surface area contributed by atoms with Crippen LogP contribution in [0.1, 0.15) is 22.6 Å². The van der Waals surface area contributed by atoms with Crippen molar-refractivity contribution in [2.24, 2.45) is 0 Å². The number of hydrogen-bond acceptors (Lipinski definition) is 0. The number of hydrogen-bond donors (Lipinski definition) is 1. The van der Waals surface area contributed by atoms with Gasteiger partial charge in [0, 0.05) is 22.4 Å². The van der Waals surface area contributed by atoms with Crippen LogP contribution in [0.5, 0.6) is 0 Å². The van der Waals surface area contributed by atoms with E-state index in [1.54, 1.807) is 0 Å². The molecular weight excluding hydrogens is 266 g/mol. The maximum Gasteiger partial charge on any atom is 0.0510 e. The third-order valence-electron chi connectivity index (χ3n) is 4.71. The Labute approximate surface area is 129 Å². The maximum atomic E-state index is 3.63. The van der Waals surface area contributed by atoms with Crippen LogP contribution in [0.4, 0.5) is 0 Å². The quantitative estimate of drug-likeness (QED) is 0.427. The Morgan fingerprint density at radius 2 is 1.41 bits per heavy atom. The monoisotopic (exact) mass is 281 g/mol. The molecule has 1 aliphatic carbocycles. The van der Waals surface area contributed by atoms with Gasteiger partial charge in [-0.25, -0.2) is 0 Å². The van der Waals surface area contributed by atoms with Crippen molar-refractivity contribution in [3.63, 3.8) is 0 Å². The summed E-state index contributed by atoms with van der Waals surface area (Å²) in [7, 11) is 0. The molecule has 3 aromatic carbocycles. The number of benzene rings is 3. The van der Waals surface area contributed by atoms with Crippen molar-refractivity contribution in [1.29, 1.82) is 0 Å². The van der Waals surface area contributed by atoms with Gasteiger partial charge in [-0.2, -0.15) is 0 Å². The predicted molar refractivity (Wildman–Crippen MR) is 91.1 cm³/mol. The van der Waals surface area contributed by atoms with Crippen LogP contribution < -0.4 is 0 Å². The largest absolute Gasteiger partial charge is 0.354 e. The van der Waals surface area contributed by atoms with E-state index in [1.165, 1.54) is 38.9 Å². The maximum absolute atomic E-state index is 3.63. The van der Waals surface area contributed by atoms with Crippen molar-refractivity contribution in [1.82, 2.24) is 4.98 Å². The summed E-state index contributed by atoms with van der Waals surface area (Å²) in [5, 5.41) is 1.34. The summed E-state index contributed by atoms with van der Waals surface area (Å²) >= 11 is 0. The summed E-state index contributed by atoms with van der Waals surface area (Å²) in [6, 6.07) is 28.2. The Hall–Kier alpha value is -2.80. The number of H-pyrrole nitrogens is 1. The van der Waals surface area contributed by atoms with Crippen LogP contribution >= 0.6 is 0 Å². The lowest BCUT2D eigenvalue weighted by atomic mass is 9.88. The first kappa shape index (κ1) is 11.8. The molecule has 0 aliphatic heterocycles. The smallest absolute Gasteiger partial charge is 0.0510 e. The molecule has 0 bridgehead atoms. The van der Waals surface area contributed by atoms with Gasteiger partial charge in [-0.15, -0.1) is 0 Å². The highest BCUT2D eigenvalue weighted by Gasteiger charge is 2.32. The molecule has 1 heterocycles. The number of fused-ring (bicyclic) bond motifs is 5. The number of aromatic nitrogens is 1. The van der Waals surface area contributed by atoms with Crippen molar-refractivity contribution in [2.45, 2.75) is 5.92 Å². The predicted octanol–water partition coefficient (Wildman–Crippen LogP) is 5.33. The van der Waals surface area contributed by atoms with Crippen LogP contribution in [0, 0.1) is 0 Å². The van der Waals surface area contributed by atoms with E-state index >= 15 is 0 Å². The van der Waals surface area contributed by atoms with Crippen LogP contribution in [0.3, 0.4) is 0 Å². The van der Waals surface area contributed by atoms with Crippen molar-refractivity contribution in [3.8, 4) is 11.3 Å². The third kappa shape index (κ3) is 1.48. The lowest BCUT2D eigenvalue weighted by Gasteiger charge is -2.14. The van der Waals surface area contributed by atoms with Crippen molar-refractivity contribution >= 4 is 10.9 Å². The van der Waals surface area contributed by atoms with Gasteiger partial charge in [0.15, 0.2) is 0 Å². The average molecular weight is 281 g/mol. The zero-order valence-electron chi connectivity index (χ0n) is 12.1. The second-order valence-electron chi connectivity index (χ2n) is 5.89. The molecule has 0 saturated carbocycles. The number of para-hydroxylation sites is 1. The second kappa shape index (κ2) is 4.35. The summed E-state index contributed by atoms with van der Waals surface area (Å²) in [5.74, 6) is 0.323. The Balaban J connectivity index is 1.90. The van der Waals surface area contributed by atoms with Gasteiger partial charge in [0.1, 0.15) is 0 Å². The van der Waals surface area contributed by atoms with Crippen molar-refractivity contribution in [2.75, 3.05) is 0 Å². The van der Waals surface area contributed by atoms with E-state index in [0.29, 0.717) is 5.92 Å². The summed E-state index contributed by atoms with van der Waals surface area (Å²) in [5.41, 5.74) is 8.03. The zero-order chi connectivity index (χ0) is 14.5. The molecule has 1 nitrogen and oxygen atoms in total. The van der Waals surface area contributed by atoms with Gasteiger partial charge in [0.05, 0.1) is 5.69 Å². The fourth-order valence-corrected chi connectivity index (χ4v) is 3.80. The Morgan fingerprint density at radius 3 is 2.32 bits per heavy atom. The highest BCUT2D eigenvalue weighted by atomic mass is 14.7. The molecule has 0 fully saturated rings. The Bertz CT molecular complexity index is 979. The molecular formula is C21H15N. The molecule has 1 N–H and O–H groups in total. The van der Waals surface area contributed by atoms with Gasteiger partial charge in [-0.3, -0.25) is 0 Å². The topological polar surface area (TPSA) is 15.8 Å². The molecule has 1 atom stereocenters. The molecule has 0 amide bonds. The molecule has 0 spiro atoms. The second-order valence-corrected chi connectivity index (χ2v) is 5.89. The highest BCUT2D eigenvalue weighted by molar-refractivity contribution is 5.96. The fourth-order valence-electron chi connectivity index (χ4n) is 3.80. The first-order chi connectivity index (χ1) is 10.9. The first-order valence-corrected chi connectivity index (χ1v) is 7.68. The van der Waals surface area contributed by atoms with E-state index in [-0.39, 0.29) is 0 Å². The van der Waals surface area contributed by atoms with Crippen LogP contribution in [0.2, 0.25) is 0 Å². The van der Waals surface area contributed by atoms with Crippen LogP contribution in [-0.4, -0.2) is 4.98 Å². The van der Waals surface area contributed by atoms with Gasteiger partial charge >= 0.3 is 0 Å². The number of rotatable bonds is 1. The third-order valence-corrected chi connectivity index (χ3v) is 4.71. The molecule has 0 unspecified atom stereocenters. The molecule has 5 rings (SSSR count). The molecule has 22 heavy (non-hydrogen) atoms. The summed E-state index contributed by atoms with van der Waals surface area (Å²) in [6.07, 6.45) is 0. The van der Waals surface area contributed by atoms with Gasteiger partial charge < -0.3 is 4.98 Å². The lowest BCUT2D eigenvalue weighted by molar-refractivity contribution is 1.03. The van der Waals surface area contributed by atoms with Gasteiger partial charge in [-0.05, 0) is 22.8 Å². The normalized spacial score (nSPS) is 15.7. The zero-order valence-corrected chi connectivity index (χ0v) is 12.1. The van der Waals surface area contributed by atoms with E-state index < -0.39 is 0 Å². The Kier molecular flexibility index (Phi) is 2.33. The fraction of sp³-hybridized carbons (Fsp3) is 0.0476. The molecule has 1 aliphatic rings. The van der Waals surface area contributed by atoms with E-state index in [1.807, 2.05) is 0 Å². The van der Waals surface area contributed by atoms with Crippen LogP contribution in [0.15, 0.2) is 78.9 Å². The first-order valence-electron chi connectivity index (χ1n) is 7.68. The SMILES string of the molecule is c1ccc([C@@H]2c3ccccc3-c3[nH]c4ccccc4c32)cc1. The summed E-state index contributed by atoms with van der Waals surface area (Å²) in [4.78, 5) is 3.63. The average Bonchev–Trinajstić information content (AvgIpc) is 3.10. The molecule has 0 saturated heterocycles. The number of aromatic amines is 1. The van der Waals surface area contributed by atoms with Gasteiger partial charge in [0.25, 0.3) is 0 Å². The van der Waals surface area contributed by atoms with Gasteiger partial charge in [-0.1, -0.05) is 72.8 Å². The van der Waals surface area contributed by atoms with E-state index in [4.69, 9.17) is 0 Å². The highest BCUT2D eigenvalue weighted by Crippen LogP contribution is 2.50. The summed E-state index contributed by atoms with van der Waals surface area (Å²) in [6.45, 7) is 0. The number of nitrogens with one attached hydrogen (secondary N) is 1. The molecule has 4 aromatic rings. The van der Waals surface area contributed by atoms with Crippen LogP contribution in [0.25, 0.3) is 22.2 Å². The minimum Gasteiger partial charge on any atom is -0.354 e. The Morgan fingerprint density at radius 1 is 0.682 bits per heavy atom. The lowest BCUT2D eigenvalue weighted by Crippen LogP contribution is -1.98. The molecule has 1 aromatic heterocycles. The molecule has 1 heteroatoms. The minimum atomic E-state index is 0.323. The van der Waals surface area contributed by atoms with Crippen molar-refractivity contribution < 1.29 is 0 Å². The van der Waals surface area contributed by atoms with E-state index in [2.05, 4.69) is 83.8 Å². The standard InChI is InChI=1S/C21H15N/c1-2-8-14(9-3-1)19-15-10-4-5-11-16(15)21-20(19)17-12-6-7-13-18(17)22-21/h1-13,19,22H/t19-/m1/s1. The molecule has 0 radical (unpaired) electrons. The van der Waals surface area contributed by atoms with E-state index in [0.717, 1.165) is 0 Å². The van der Waals surface area contributed by atoms with Gasteiger partial charge in [0.2, 0.25) is 0 Å². The summed E-state index contributed by atoms with van der Waals surface area (Å²) < 4.78 is 0. The van der Waals surface area contributed by atoms with E-state index in [9.17, 15) is 0 Å².